The molecule has 0 aliphatic heterocycles. The van der Waals surface area contributed by atoms with Crippen molar-refractivity contribution in [1.29, 1.82) is 0 Å². The van der Waals surface area contributed by atoms with Crippen LogP contribution >= 0.6 is 0 Å². The molecule has 1 aliphatic rings. The lowest BCUT2D eigenvalue weighted by Crippen LogP contribution is -2.41. The average molecular weight is 327 g/mol. The number of carbonyl (C=O) groups excluding carboxylic acids is 1. The van der Waals surface area contributed by atoms with Crippen LogP contribution in [-0.2, 0) is 11.2 Å². The molecule has 128 valence electrons. The van der Waals surface area contributed by atoms with E-state index in [1.807, 2.05) is 31.2 Å². The summed E-state index contributed by atoms with van der Waals surface area (Å²) in [5.41, 5.74) is 2.09. The molecule has 0 unspecified atom stereocenters. The van der Waals surface area contributed by atoms with E-state index in [0.29, 0.717) is 36.6 Å². The first-order valence-electron chi connectivity index (χ1n) is 8.80. The van der Waals surface area contributed by atoms with Gasteiger partial charge in [-0.3, -0.25) is 4.79 Å². The summed E-state index contributed by atoms with van der Waals surface area (Å²) in [6, 6.07) is 8.26. The maximum absolute atomic E-state index is 12.1. The lowest BCUT2D eigenvalue weighted by Gasteiger charge is -2.29. The molecule has 0 bridgehead atoms. The Hall–Kier alpha value is -2.17. The predicted octanol–water partition coefficient (Wildman–Crippen LogP) is 3.67. The Bertz CT molecular complexity index is 678. The van der Waals surface area contributed by atoms with Gasteiger partial charge in [0.05, 0.1) is 0 Å². The number of hydrogen-bond donors (Lipinski definition) is 1. The van der Waals surface area contributed by atoms with Crippen molar-refractivity contribution in [2.75, 3.05) is 0 Å². The third-order valence-corrected chi connectivity index (χ3v) is 4.79. The monoisotopic (exact) mass is 327 g/mol. The number of aryl methyl sites for hydroxylation is 2. The zero-order valence-corrected chi connectivity index (χ0v) is 14.4. The van der Waals surface area contributed by atoms with Crippen molar-refractivity contribution in [3.05, 3.63) is 35.7 Å². The quantitative estimate of drug-likeness (QED) is 0.910. The predicted molar refractivity (Wildman–Crippen MR) is 92.4 cm³/mol. The van der Waals surface area contributed by atoms with Crippen LogP contribution in [-0.4, -0.2) is 22.1 Å². The van der Waals surface area contributed by atoms with Crippen LogP contribution in [0.3, 0.4) is 0 Å². The van der Waals surface area contributed by atoms with Gasteiger partial charge in [-0.05, 0) is 37.8 Å². The molecule has 1 aromatic heterocycles. The lowest BCUT2D eigenvalue weighted by atomic mass is 9.86. The van der Waals surface area contributed by atoms with Crippen LogP contribution in [0.15, 0.2) is 28.7 Å². The fourth-order valence-corrected chi connectivity index (χ4v) is 3.20. The molecule has 2 atom stereocenters. The second kappa shape index (κ2) is 7.60. The van der Waals surface area contributed by atoms with E-state index < -0.39 is 0 Å². The number of aromatic nitrogens is 2. The molecule has 1 aromatic carbocycles. The smallest absolute Gasteiger partial charge is 0.247 e. The van der Waals surface area contributed by atoms with Crippen molar-refractivity contribution < 1.29 is 9.21 Å². The van der Waals surface area contributed by atoms with Crippen molar-refractivity contribution in [1.82, 2.24) is 15.5 Å². The van der Waals surface area contributed by atoms with E-state index in [2.05, 4.69) is 22.4 Å². The van der Waals surface area contributed by atoms with Crippen molar-refractivity contribution in [3.8, 4) is 11.5 Å². The summed E-state index contributed by atoms with van der Waals surface area (Å²) in [7, 11) is 0. The summed E-state index contributed by atoms with van der Waals surface area (Å²) >= 11 is 0. The molecule has 1 fully saturated rings. The first-order valence-corrected chi connectivity index (χ1v) is 8.80. The van der Waals surface area contributed by atoms with Gasteiger partial charge in [0.15, 0.2) is 0 Å². The van der Waals surface area contributed by atoms with Crippen LogP contribution in [0.4, 0.5) is 0 Å². The zero-order chi connectivity index (χ0) is 16.9. The standard InChI is InChI=1S/C19H25N3O2/c1-13-7-9-15(10-8-13)19-22-21-18(24-19)12-11-17(23)20-16-6-4-3-5-14(16)2/h7-10,14,16H,3-6,11-12H2,1-2H3,(H,20,23)/t14-,16-/m1/s1. The molecule has 1 heterocycles. The second-order valence-corrected chi connectivity index (χ2v) is 6.80. The van der Waals surface area contributed by atoms with E-state index in [-0.39, 0.29) is 5.91 Å². The number of nitrogens with one attached hydrogen (secondary N) is 1. The number of benzene rings is 1. The molecule has 5 heteroatoms. The Morgan fingerprint density at radius 3 is 2.71 bits per heavy atom. The molecule has 3 rings (SSSR count). The van der Waals surface area contributed by atoms with E-state index in [0.717, 1.165) is 12.0 Å². The van der Waals surface area contributed by atoms with E-state index in [1.54, 1.807) is 0 Å². The Balaban J connectivity index is 1.51. The molecule has 24 heavy (non-hydrogen) atoms. The molecule has 1 N–H and O–H groups in total. The number of nitrogens with zero attached hydrogens (tertiary/aromatic N) is 2. The van der Waals surface area contributed by atoms with Gasteiger partial charge >= 0.3 is 0 Å². The molecule has 1 aliphatic carbocycles. The van der Waals surface area contributed by atoms with Crippen LogP contribution in [0, 0.1) is 12.8 Å². The van der Waals surface area contributed by atoms with Crippen LogP contribution in [0.25, 0.3) is 11.5 Å². The molecular formula is C19H25N3O2. The Labute approximate surface area is 142 Å². The minimum absolute atomic E-state index is 0.0730. The van der Waals surface area contributed by atoms with E-state index >= 15 is 0 Å². The summed E-state index contributed by atoms with van der Waals surface area (Å²) in [4.78, 5) is 12.1. The van der Waals surface area contributed by atoms with Crippen LogP contribution in [0.2, 0.25) is 0 Å². The average Bonchev–Trinajstić information content (AvgIpc) is 3.05. The Kier molecular flexibility index (Phi) is 5.28. The van der Waals surface area contributed by atoms with Crippen LogP contribution in [0.1, 0.15) is 50.5 Å². The zero-order valence-electron chi connectivity index (χ0n) is 14.4. The minimum atomic E-state index is 0.0730. The minimum Gasteiger partial charge on any atom is -0.421 e. The number of amides is 1. The first-order chi connectivity index (χ1) is 11.6. The summed E-state index contributed by atoms with van der Waals surface area (Å²) < 4.78 is 5.67. The number of rotatable bonds is 5. The van der Waals surface area contributed by atoms with E-state index in [9.17, 15) is 4.79 Å². The van der Waals surface area contributed by atoms with Crippen molar-refractivity contribution in [3.63, 3.8) is 0 Å². The van der Waals surface area contributed by atoms with Crippen LogP contribution < -0.4 is 5.32 Å². The highest BCUT2D eigenvalue weighted by Crippen LogP contribution is 2.24. The molecule has 1 saturated carbocycles. The van der Waals surface area contributed by atoms with Gasteiger partial charge in [-0.2, -0.15) is 0 Å². The second-order valence-electron chi connectivity index (χ2n) is 6.80. The lowest BCUT2D eigenvalue weighted by molar-refractivity contribution is -0.122. The molecular weight excluding hydrogens is 302 g/mol. The number of carbonyl (C=O) groups is 1. The van der Waals surface area contributed by atoms with Gasteiger partial charge in [0.25, 0.3) is 0 Å². The highest BCUT2D eigenvalue weighted by atomic mass is 16.4. The van der Waals surface area contributed by atoms with Gasteiger partial charge in [-0.25, -0.2) is 0 Å². The third-order valence-electron chi connectivity index (χ3n) is 4.79. The SMILES string of the molecule is Cc1ccc(-c2nnc(CCC(=O)N[C@@H]3CCCC[C@H]3C)o2)cc1. The first kappa shape index (κ1) is 16.7. The Morgan fingerprint density at radius 2 is 1.96 bits per heavy atom. The van der Waals surface area contributed by atoms with Gasteiger partial charge in [0, 0.05) is 24.4 Å². The van der Waals surface area contributed by atoms with E-state index in [4.69, 9.17) is 4.42 Å². The summed E-state index contributed by atoms with van der Waals surface area (Å²) in [6.07, 6.45) is 5.64. The molecule has 0 spiro atoms. The van der Waals surface area contributed by atoms with Crippen molar-refractivity contribution in [2.45, 2.75) is 58.4 Å². The number of hydrogen-bond acceptors (Lipinski definition) is 4. The van der Waals surface area contributed by atoms with Gasteiger partial charge in [0.1, 0.15) is 0 Å². The van der Waals surface area contributed by atoms with Gasteiger partial charge in [0.2, 0.25) is 17.7 Å². The fourth-order valence-electron chi connectivity index (χ4n) is 3.20. The summed E-state index contributed by atoms with van der Waals surface area (Å²) in [5, 5.41) is 11.3. The highest BCUT2D eigenvalue weighted by Gasteiger charge is 2.22. The van der Waals surface area contributed by atoms with Gasteiger partial charge in [-0.15, -0.1) is 10.2 Å². The maximum Gasteiger partial charge on any atom is 0.247 e. The summed E-state index contributed by atoms with van der Waals surface area (Å²) in [5.74, 6) is 1.66. The van der Waals surface area contributed by atoms with Crippen LogP contribution in [0.5, 0.6) is 0 Å². The van der Waals surface area contributed by atoms with Crippen molar-refractivity contribution in [2.24, 2.45) is 5.92 Å². The van der Waals surface area contributed by atoms with Crippen molar-refractivity contribution >= 4 is 5.91 Å². The molecule has 2 aromatic rings. The Morgan fingerprint density at radius 1 is 1.21 bits per heavy atom. The normalized spacial score (nSPS) is 20.8. The van der Waals surface area contributed by atoms with Gasteiger partial charge < -0.3 is 9.73 Å². The maximum atomic E-state index is 12.1. The largest absolute Gasteiger partial charge is 0.421 e. The fraction of sp³-hybridized carbons (Fsp3) is 0.526. The topological polar surface area (TPSA) is 68.0 Å². The molecule has 0 saturated heterocycles. The molecule has 5 nitrogen and oxygen atoms in total. The summed E-state index contributed by atoms with van der Waals surface area (Å²) in [6.45, 7) is 4.25. The molecule has 0 radical (unpaired) electrons. The van der Waals surface area contributed by atoms with Gasteiger partial charge in [-0.1, -0.05) is 37.5 Å². The third kappa shape index (κ3) is 4.22. The highest BCUT2D eigenvalue weighted by molar-refractivity contribution is 5.76. The van der Waals surface area contributed by atoms with E-state index in [1.165, 1.54) is 24.8 Å². The molecule has 1 amide bonds.